The van der Waals surface area contributed by atoms with Gasteiger partial charge in [-0.05, 0) is 49.9 Å². The van der Waals surface area contributed by atoms with Crippen molar-refractivity contribution in [3.63, 3.8) is 0 Å². The smallest absolute Gasteiger partial charge is 0.375 e. The number of benzene rings is 1. The molecule has 1 aromatic carbocycles. The number of ether oxygens (including phenoxy) is 1. The van der Waals surface area contributed by atoms with Crippen molar-refractivity contribution in [3.8, 4) is 11.3 Å². The normalized spacial score (nSPS) is 19.9. The lowest BCUT2D eigenvalue weighted by Gasteiger charge is -2.30. The third-order valence-electron chi connectivity index (χ3n) is 5.26. The summed E-state index contributed by atoms with van der Waals surface area (Å²) in [5.41, 5.74) is 0.554. The highest BCUT2D eigenvalue weighted by atomic mass is 16.6. The van der Waals surface area contributed by atoms with Crippen molar-refractivity contribution in [3.05, 3.63) is 52.3 Å². The van der Waals surface area contributed by atoms with Crippen LogP contribution in [0.2, 0.25) is 0 Å². The molecule has 0 unspecified atom stereocenters. The summed E-state index contributed by atoms with van der Waals surface area (Å²) in [6.07, 6.45) is 3.33. The summed E-state index contributed by atoms with van der Waals surface area (Å²) in [7, 11) is 0. The quantitative estimate of drug-likeness (QED) is 0.444. The molecular weight excluding hydrogens is 376 g/mol. The number of rotatable bonds is 6. The van der Waals surface area contributed by atoms with E-state index < -0.39 is 17.0 Å². The fraction of sp³-hybridized carbons (Fsp3) is 0.429. The van der Waals surface area contributed by atoms with Gasteiger partial charge in [-0.2, -0.15) is 0 Å². The molecule has 29 heavy (non-hydrogen) atoms. The summed E-state index contributed by atoms with van der Waals surface area (Å²) in [4.78, 5) is 34.9. The molecule has 1 saturated carbocycles. The number of amides is 1. The first-order valence-corrected chi connectivity index (χ1v) is 9.71. The van der Waals surface area contributed by atoms with E-state index in [1.54, 1.807) is 6.07 Å². The van der Waals surface area contributed by atoms with Crippen molar-refractivity contribution in [1.29, 1.82) is 0 Å². The zero-order chi connectivity index (χ0) is 21.0. The van der Waals surface area contributed by atoms with Gasteiger partial charge in [0.1, 0.15) is 5.76 Å². The highest BCUT2D eigenvalue weighted by Crippen LogP contribution is 2.26. The molecule has 1 aliphatic rings. The Labute approximate surface area is 168 Å². The molecule has 1 amide bonds. The first-order chi connectivity index (χ1) is 13.8. The molecule has 2 aromatic rings. The minimum atomic E-state index is -0.940. The highest BCUT2D eigenvalue weighted by molar-refractivity contribution is 5.90. The van der Waals surface area contributed by atoms with Gasteiger partial charge in [-0.3, -0.25) is 14.9 Å². The van der Waals surface area contributed by atoms with Gasteiger partial charge in [0.15, 0.2) is 6.10 Å². The Balaban J connectivity index is 1.59. The van der Waals surface area contributed by atoms with Crippen molar-refractivity contribution in [1.82, 2.24) is 5.32 Å². The molecule has 3 atom stereocenters. The van der Waals surface area contributed by atoms with E-state index in [-0.39, 0.29) is 23.4 Å². The predicted octanol–water partition coefficient (Wildman–Crippen LogP) is 4.10. The van der Waals surface area contributed by atoms with E-state index in [1.165, 1.54) is 43.7 Å². The highest BCUT2D eigenvalue weighted by Gasteiger charge is 2.27. The van der Waals surface area contributed by atoms with Crippen LogP contribution < -0.4 is 5.32 Å². The molecule has 0 aliphatic heterocycles. The maximum absolute atomic E-state index is 12.4. The Kier molecular flexibility index (Phi) is 6.31. The molecule has 8 heteroatoms. The molecular formula is C21H24N2O6. The summed E-state index contributed by atoms with van der Waals surface area (Å²) in [5, 5.41) is 13.7. The van der Waals surface area contributed by atoms with Crippen molar-refractivity contribution >= 4 is 17.6 Å². The summed E-state index contributed by atoms with van der Waals surface area (Å²) >= 11 is 0. The number of furan rings is 1. The lowest BCUT2D eigenvalue weighted by atomic mass is 9.86. The zero-order valence-corrected chi connectivity index (χ0v) is 16.4. The number of hydrogen-bond donors (Lipinski definition) is 1. The van der Waals surface area contributed by atoms with Gasteiger partial charge < -0.3 is 14.5 Å². The van der Waals surface area contributed by atoms with Crippen LogP contribution in [-0.4, -0.2) is 28.9 Å². The van der Waals surface area contributed by atoms with Crippen molar-refractivity contribution in [2.75, 3.05) is 0 Å². The van der Waals surface area contributed by atoms with Crippen LogP contribution in [0, 0.1) is 16.0 Å². The second-order valence-electron chi connectivity index (χ2n) is 7.39. The molecule has 0 spiro atoms. The van der Waals surface area contributed by atoms with Crippen LogP contribution in [0.5, 0.6) is 0 Å². The fourth-order valence-corrected chi connectivity index (χ4v) is 3.45. The Morgan fingerprint density at radius 3 is 2.52 bits per heavy atom. The van der Waals surface area contributed by atoms with Crippen LogP contribution in [0.3, 0.4) is 0 Å². The SMILES string of the molecule is C[C@@H](OC(=O)c1ccc(-c2ccc([N+](=O)[O-])cc2)o1)C(=O)N[C@H]1CCCC[C@@H]1C. The summed E-state index contributed by atoms with van der Waals surface area (Å²) in [6.45, 7) is 3.64. The number of nitrogens with zero attached hydrogens (tertiary/aromatic N) is 1. The predicted molar refractivity (Wildman–Crippen MR) is 105 cm³/mol. The van der Waals surface area contributed by atoms with Crippen LogP contribution in [0.25, 0.3) is 11.3 Å². The maximum Gasteiger partial charge on any atom is 0.375 e. The van der Waals surface area contributed by atoms with E-state index in [1.807, 2.05) is 0 Å². The molecule has 1 fully saturated rings. The number of nitro benzene ring substituents is 1. The van der Waals surface area contributed by atoms with Gasteiger partial charge in [-0.1, -0.05) is 19.8 Å². The van der Waals surface area contributed by atoms with E-state index in [9.17, 15) is 19.7 Å². The van der Waals surface area contributed by atoms with E-state index in [2.05, 4.69) is 12.2 Å². The number of nitro groups is 1. The van der Waals surface area contributed by atoms with Crippen molar-refractivity contribution in [2.45, 2.75) is 51.7 Å². The van der Waals surface area contributed by atoms with E-state index >= 15 is 0 Å². The molecule has 8 nitrogen and oxygen atoms in total. The number of nitrogens with one attached hydrogen (secondary N) is 1. The molecule has 1 aromatic heterocycles. The van der Waals surface area contributed by atoms with Crippen LogP contribution in [0.15, 0.2) is 40.8 Å². The number of non-ortho nitro benzene ring substituents is 1. The fourth-order valence-electron chi connectivity index (χ4n) is 3.45. The summed E-state index contributed by atoms with van der Waals surface area (Å²) < 4.78 is 10.7. The van der Waals surface area contributed by atoms with Crippen LogP contribution in [0.1, 0.15) is 50.1 Å². The minimum absolute atomic E-state index is 0.0351. The van der Waals surface area contributed by atoms with Gasteiger partial charge in [0.2, 0.25) is 5.76 Å². The average Bonchev–Trinajstić information content (AvgIpc) is 3.20. The van der Waals surface area contributed by atoms with Gasteiger partial charge in [-0.15, -0.1) is 0 Å². The third-order valence-corrected chi connectivity index (χ3v) is 5.26. The lowest BCUT2D eigenvalue weighted by Crippen LogP contribution is -2.45. The topological polar surface area (TPSA) is 112 Å². The molecule has 0 radical (unpaired) electrons. The first-order valence-electron chi connectivity index (χ1n) is 9.71. The Bertz CT molecular complexity index is 889. The first kappa shape index (κ1) is 20.6. The Morgan fingerprint density at radius 2 is 1.86 bits per heavy atom. The number of hydrogen-bond acceptors (Lipinski definition) is 6. The molecule has 1 heterocycles. The molecule has 3 rings (SSSR count). The second-order valence-corrected chi connectivity index (χ2v) is 7.39. The minimum Gasteiger partial charge on any atom is -0.449 e. The largest absolute Gasteiger partial charge is 0.449 e. The number of carbonyl (C=O) groups excluding carboxylic acids is 2. The van der Waals surface area contributed by atoms with Gasteiger partial charge >= 0.3 is 5.97 Å². The van der Waals surface area contributed by atoms with Crippen LogP contribution in [-0.2, 0) is 9.53 Å². The average molecular weight is 400 g/mol. The summed E-state index contributed by atoms with van der Waals surface area (Å²) in [5.74, 6) is -0.314. The molecule has 1 aliphatic carbocycles. The molecule has 0 saturated heterocycles. The van der Waals surface area contributed by atoms with Gasteiger partial charge in [0.25, 0.3) is 11.6 Å². The monoisotopic (exact) mass is 400 g/mol. The lowest BCUT2D eigenvalue weighted by molar-refractivity contribution is -0.384. The Morgan fingerprint density at radius 1 is 1.17 bits per heavy atom. The van der Waals surface area contributed by atoms with E-state index in [0.717, 1.165) is 19.3 Å². The van der Waals surface area contributed by atoms with E-state index in [0.29, 0.717) is 17.2 Å². The summed E-state index contributed by atoms with van der Waals surface area (Å²) in [6, 6.07) is 8.91. The Hall–Kier alpha value is -3.16. The molecule has 0 bridgehead atoms. The standard InChI is InChI=1S/C21H24N2O6/c1-13-5-3-4-6-17(13)22-20(24)14(2)28-21(25)19-12-11-18(29-19)15-7-9-16(10-8-15)23(26)27/h7-14,17H,3-6H2,1-2H3,(H,22,24)/t13-,14+,17-/m0/s1. The van der Waals surface area contributed by atoms with Gasteiger partial charge in [-0.25, -0.2) is 4.79 Å². The van der Waals surface area contributed by atoms with Crippen LogP contribution in [0.4, 0.5) is 5.69 Å². The van der Waals surface area contributed by atoms with Crippen molar-refractivity contribution < 1.29 is 23.7 Å². The molecule has 154 valence electrons. The number of carbonyl (C=O) groups is 2. The van der Waals surface area contributed by atoms with Crippen molar-refractivity contribution in [2.24, 2.45) is 5.92 Å². The molecule has 1 N–H and O–H groups in total. The van der Waals surface area contributed by atoms with E-state index in [4.69, 9.17) is 9.15 Å². The second kappa shape index (κ2) is 8.89. The third kappa shape index (κ3) is 5.01. The maximum atomic E-state index is 12.4. The zero-order valence-electron chi connectivity index (χ0n) is 16.4. The van der Waals surface area contributed by atoms with Gasteiger partial charge in [0, 0.05) is 23.7 Å². The van der Waals surface area contributed by atoms with Crippen LogP contribution >= 0.6 is 0 Å². The van der Waals surface area contributed by atoms with Gasteiger partial charge in [0.05, 0.1) is 4.92 Å². The number of esters is 1.